The lowest BCUT2D eigenvalue weighted by molar-refractivity contribution is -0.113. The van der Waals surface area contributed by atoms with Gasteiger partial charge < -0.3 is 14.6 Å². The minimum atomic E-state index is -0.145. The van der Waals surface area contributed by atoms with Gasteiger partial charge in [0.1, 0.15) is 11.6 Å². The maximum atomic E-state index is 12.2. The van der Waals surface area contributed by atoms with Gasteiger partial charge in [0.25, 0.3) is 0 Å². The number of amides is 1. The van der Waals surface area contributed by atoms with Gasteiger partial charge in [-0.15, -0.1) is 10.2 Å². The maximum Gasteiger partial charge on any atom is 0.236 e. The predicted octanol–water partition coefficient (Wildman–Crippen LogP) is 4.25. The maximum absolute atomic E-state index is 12.2. The minimum absolute atomic E-state index is 0.145. The standard InChI is InChI=1S/C19H20BrN5O2S/c1-3-25-18(13-5-8-15(9-6-13)27-4-2)23-24-19(25)28-12-17(26)22-16-10-7-14(20)11-21-16/h5-11H,3-4,12H2,1-2H3,(H,21,22,26). The Labute approximate surface area is 176 Å². The molecule has 3 aromatic rings. The Hall–Kier alpha value is -2.39. The molecule has 2 heterocycles. The van der Waals surface area contributed by atoms with Crippen molar-refractivity contribution in [2.24, 2.45) is 0 Å². The third kappa shape index (κ3) is 5.11. The molecular formula is C19H20BrN5O2S. The lowest BCUT2D eigenvalue weighted by Gasteiger charge is -2.08. The molecule has 0 spiro atoms. The van der Waals surface area contributed by atoms with Gasteiger partial charge in [0.05, 0.1) is 12.4 Å². The van der Waals surface area contributed by atoms with Crippen LogP contribution in [0.1, 0.15) is 13.8 Å². The second-order valence-electron chi connectivity index (χ2n) is 5.71. The van der Waals surface area contributed by atoms with Crippen LogP contribution in [0, 0.1) is 0 Å². The Kier molecular flexibility index (Phi) is 7.05. The van der Waals surface area contributed by atoms with Crippen molar-refractivity contribution in [2.45, 2.75) is 25.5 Å². The van der Waals surface area contributed by atoms with Crippen LogP contribution in [-0.2, 0) is 11.3 Å². The molecule has 0 atom stereocenters. The van der Waals surface area contributed by atoms with Crippen LogP contribution in [0.5, 0.6) is 5.75 Å². The summed E-state index contributed by atoms with van der Waals surface area (Å²) in [6, 6.07) is 11.3. The van der Waals surface area contributed by atoms with Crippen molar-refractivity contribution in [1.29, 1.82) is 0 Å². The van der Waals surface area contributed by atoms with Crippen LogP contribution in [0.2, 0.25) is 0 Å². The molecule has 0 aliphatic carbocycles. The molecule has 0 fully saturated rings. The first kappa shape index (κ1) is 20.3. The first-order valence-electron chi connectivity index (χ1n) is 8.81. The van der Waals surface area contributed by atoms with Crippen molar-refractivity contribution >= 4 is 39.4 Å². The fourth-order valence-corrected chi connectivity index (χ4v) is 3.56. The third-order valence-electron chi connectivity index (χ3n) is 3.78. The van der Waals surface area contributed by atoms with E-state index in [1.807, 2.05) is 48.7 Å². The van der Waals surface area contributed by atoms with E-state index in [0.29, 0.717) is 24.1 Å². The van der Waals surface area contributed by atoms with Gasteiger partial charge in [-0.05, 0) is 66.2 Å². The average molecular weight is 462 g/mol. The number of aromatic nitrogens is 4. The highest BCUT2D eigenvalue weighted by atomic mass is 79.9. The summed E-state index contributed by atoms with van der Waals surface area (Å²) in [6.07, 6.45) is 1.64. The SMILES string of the molecule is CCOc1ccc(-c2nnc(SCC(=O)Nc3ccc(Br)cn3)n2CC)cc1. The summed E-state index contributed by atoms with van der Waals surface area (Å²) >= 11 is 4.66. The number of thioether (sulfide) groups is 1. The van der Waals surface area contributed by atoms with Crippen LogP contribution < -0.4 is 10.1 Å². The molecule has 1 N–H and O–H groups in total. The monoisotopic (exact) mass is 461 g/mol. The molecule has 9 heteroatoms. The number of carbonyl (C=O) groups is 1. The van der Waals surface area contributed by atoms with Gasteiger partial charge in [0, 0.05) is 22.8 Å². The van der Waals surface area contributed by atoms with Gasteiger partial charge >= 0.3 is 0 Å². The van der Waals surface area contributed by atoms with Gasteiger partial charge in [-0.25, -0.2) is 4.98 Å². The number of hydrogen-bond acceptors (Lipinski definition) is 6. The lowest BCUT2D eigenvalue weighted by Crippen LogP contribution is -2.15. The molecular weight excluding hydrogens is 442 g/mol. The van der Waals surface area contributed by atoms with E-state index in [1.165, 1.54) is 11.8 Å². The van der Waals surface area contributed by atoms with Crippen molar-refractivity contribution in [3.05, 3.63) is 47.1 Å². The minimum Gasteiger partial charge on any atom is -0.494 e. The number of rotatable bonds is 8. The first-order chi connectivity index (χ1) is 13.6. The molecule has 0 aliphatic heterocycles. The summed E-state index contributed by atoms with van der Waals surface area (Å²) < 4.78 is 8.33. The molecule has 0 bridgehead atoms. The summed E-state index contributed by atoms with van der Waals surface area (Å²) in [4.78, 5) is 16.3. The number of ether oxygens (including phenoxy) is 1. The van der Waals surface area contributed by atoms with E-state index in [2.05, 4.69) is 36.4 Å². The van der Waals surface area contributed by atoms with Crippen LogP contribution in [-0.4, -0.2) is 38.0 Å². The number of nitrogens with one attached hydrogen (secondary N) is 1. The second-order valence-corrected chi connectivity index (χ2v) is 7.56. The average Bonchev–Trinajstić information content (AvgIpc) is 3.12. The van der Waals surface area contributed by atoms with Crippen LogP contribution in [0.15, 0.2) is 52.2 Å². The van der Waals surface area contributed by atoms with E-state index in [9.17, 15) is 4.79 Å². The quantitative estimate of drug-likeness (QED) is 0.504. The number of halogens is 1. The number of carbonyl (C=O) groups excluding carboxylic acids is 1. The van der Waals surface area contributed by atoms with E-state index in [-0.39, 0.29) is 11.7 Å². The molecule has 0 aliphatic rings. The number of hydrogen-bond donors (Lipinski definition) is 1. The van der Waals surface area contributed by atoms with Gasteiger partial charge in [0.2, 0.25) is 5.91 Å². The number of nitrogens with zero attached hydrogens (tertiary/aromatic N) is 4. The predicted molar refractivity (Wildman–Crippen MR) is 114 cm³/mol. The lowest BCUT2D eigenvalue weighted by atomic mass is 10.2. The zero-order valence-electron chi connectivity index (χ0n) is 15.6. The van der Waals surface area contributed by atoms with Crippen LogP contribution in [0.4, 0.5) is 5.82 Å². The van der Waals surface area contributed by atoms with Gasteiger partial charge in [-0.1, -0.05) is 11.8 Å². The van der Waals surface area contributed by atoms with Crippen molar-refractivity contribution in [3.63, 3.8) is 0 Å². The summed E-state index contributed by atoms with van der Waals surface area (Å²) in [5.41, 5.74) is 0.952. The smallest absolute Gasteiger partial charge is 0.236 e. The summed E-state index contributed by atoms with van der Waals surface area (Å²) in [5, 5.41) is 12.0. The molecule has 3 rings (SSSR count). The molecule has 1 aromatic carbocycles. The van der Waals surface area contributed by atoms with Crippen LogP contribution >= 0.6 is 27.7 Å². The van der Waals surface area contributed by atoms with Gasteiger partial charge in [-0.3, -0.25) is 4.79 Å². The van der Waals surface area contributed by atoms with Crippen LogP contribution in [0.25, 0.3) is 11.4 Å². The Morgan fingerprint density at radius 2 is 1.96 bits per heavy atom. The van der Waals surface area contributed by atoms with E-state index in [1.54, 1.807) is 12.3 Å². The number of benzene rings is 1. The summed E-state index contributed by atoms with van der Waals surface area (Å²) in [5.74, 6) is 2.18. The largest absolute Gasteiger partial charge is 0.494 e. The Morgan fingerprint density at radius 1 is 1.18 bits per heavy atom. The van der Waals surface area contributed by atoms with E-state index < -0.39 is 0 Å². The molecule has 0 saturated carbocycles. The first-order valence-corrected chi connectivity index (χ1v) is 10.6. The molecule has 1 amide bonds. The van der Waals surface area contributed by atoms with E-state index >= 15 is 0 Å². The third-order valence-corrected chi connectivity index (χ3v) is 5.22. The van der Waals surface area contributed by atoms with Crippen LogP contribution in [0.3, 0.4) is 0 Å². The highest BCUT2D eigenvalue weighted by Gasteiger charge is 2.15. The van der Waals surface area contributed by atoms with Crippen molar-refractivity contribution in [1.82, 2.24) is 19.7 Å². The number of pyridine rings is 1. The van der Waals surface area contributed by atoms with Crippen molar-refractivity contribution < 1.29 is 9.53 Å². The zero-order valence-corrected chi connectivity index (χ0v) is 18.0. The fraction of sp³-hybridized carbons (Fsp3) is 0.263. The molecule has 7 nitrogen and oxygen atoms in total. The van der Waals surface area contributed by atoms with Gasteiger partial charge in [-0.2, -0.15) is 0 Å². The topological polar surface area (TPSA) is 81.9 Å². The fourth-order valence-electron chi connectivity index (χ4n) is 2.52. The molecule has 2 aromatic heterocycles. The zero-order chi connectivity index (χ0) is 19.9. The Balaban J connectivity index is 1.66. The normalized spacial score (nSPS) is 10.7. The van der Waals surface area contributed by atoms with E-state index in [0.717, 1.165) is 21.6 Å². The van der Waals surface area contributed by atoms with Crippen molar-refractivity contribution in [3.8, 4) is 17.1 Å². The highest BCUT2D eigenvalue weighted by Crippen LogP contribution is 2.25. The van der Waals surface area contributed by atoms with Crippen molar-refractivity contribution in [2.75, 3.05) is 17.7 Å². The highest BCUT2D eigenvalue weighted by molar-refractivity contribution is 9.10. The molecule has 28 heavy (non-hydrogen) atoms. The van der Waals surface area contributed by atoms with E-state index in [4.69, 9.17) is 4.74 Å². The molecule has 0 radical (unpaired) electrons. The Morgan fingerprint density at radius 3 is 2.61 bits per heavy atom. The summed E-state index contributed by atoms with van der Waals surface area (Å²) in [7, 11) is 0. The molecule has 0 unspecified atom stereocenters. The second kappa shape index (κ2) is 9.70. The molecule has 0 saturated heterocycles. The summed E-state index contributed by atoms with van der Waals surface area (Å²) in [6.45, 7) is 5.31. The Bertz CT molecular complexity index is 929. The van der Waals surface area contributed by atoms with Gasteiger partial charge in [0.15, 0.2) is 11.0 Å². The molecule has 146 valence electrons. The number of anilines is 1.